The highest BCUT2D eigenvalue weighted by Gasteiger charge is 2.43. The molecule has 0 spiro atoms. The second kappa shape index (κ2) is 5.19. The maximum absolute atomic E-state index is 12.4. The Hall–Kier alpha value is -1.39. The number of ether oxygens (including phenoxy) is 1. The van der Waals surface area contributed by atoms with Crippen molar-refractivity contribution in [2.24, 2.45) is 0 Å². The first-order valence-corrected chi connectivity index (χ1v) is 7.22. The van der Waals surface area contributed by atoms with E-state index in [2.05, 4.69) is 37.1 Å². The minimum atomic E-state index is 0.0784. The third kappa shape index (κ3) is 2.13. The molecule has 1 fully saturated rings. The molecular formula is C16H22N2O2. The first-order valence-electron chi connectivity index (χ1n) is 7.22. The molecular weight excluding hydrogens is 252 g/mol. The van der Waals surface area contributed by atoms with Gasteiger partial charge in [-0.15, -0.1) is 0 Å². The fourth-order valence-corrected chi connectivity index (χ4v) is 3.60. The van der Waals surface area contributed by atoms with Crippen LogP contribution >= 0.6 is 0 Å². The van der Waals surface area contributed by atoms with Crippen LogP contribution in [-0.2, 0) is 9.53 Å². The van der Waals surface area contributed by atoms with Crippen molar-refractivity contribution in [1.82, 2.24) is 4.90 Å². The number of aryl methyl sites for hydroxylation is 1. The number of hydrogen-bond acceptors (Lipinski definition) is 3. The number of carbonyl (C=O) groups is 1. The second-order valence-electron chi connectivity index (χ2n) is 5.98. The van der Waals surface area contributed by atoms with Crippen molar-refractivity contribution in [1.29, 1.82) is 0 Å². The van der Waals surface area contributed by atoms with Gasteiger partial charge in [-0.1, -0.05) is 17.7 Å². The van der Waals surface area contributed by atoms with Crippen molar-refractivity contribution in [2.75, 3.05) is 38.8 Å². The Morgan fingerprint density at radius 3 is 3.00 bits per heavy atom. The van der Waals surface area contributed by atoms with Gasteiger partial charge in [0.25, 0.3) is 5.91 Å². The van der Waals surface area contributed by atoms with Gasteiger partial charge in [0, 0.05) is 31.3 Å². The van der Waals surface area contributed by atoms with Crippen LogP contribution in [0.25, 0.3) is 0 Å². The highest BCUT2D eigenvalue weighted by molar-refractivity contribution is 5.97. The van der Waals surface area contributed by atoms with Crippen LogP contribution in [0.5, 0.6) is 0 Å². The Morgan fingerprint density at radius 1 is 1.45 bits per heavy atom. The average Bonchev–Trinajstić information content (AvgIpc) is 2.72. The number of nitrogens with zero attached hydrogens (tertiary/aromatic N) is 2. The van der Waals surface area contributed by atoms with Crippen molar-refractivity contribution in [2.45, 2.75) is 25.3 Å². The molecule has 2 atom stereocenters. The second-order valence-corrected chi connectivity index (χ2v) is 5.98. The number of likely N-dealkylation sites (tertiary alicyclic amines) is 1. The van der Waals surface area contributed by atoms with E-state index in [0.717, 1.165) is 25.2 Å². The van der Waals surface area contributed by atoms with E-state index >= 15 is 0 Å². The number of fused-ring (bicyclic) bond motifs is 3. The van der Waals surface area contributed by atoms with Gasteiger partial charge in [0.1, 0.15) is 6.61 Å². The van der Waals surface area contributed by atoms with Crippen LogP contribution in [0, 0.1) is 6.92 Å². The molecule has 4 heteroatoms. The molecule has 108 valence electrons. The number of methoxy groups -OCH3 is 1. The van der Waals surface area contributed by atoms with Crippen molar-refractivity contribution in [3.05, 3.63) is 29.3 Å². The van der Waals surface area contributed by atoms with Crippen LogP contribution in [-0.4, -0.2) is 50.7 Å². The highest BCUT2D eigenvalue weighted by Crippen LogP contribution is 2.44. The largest absolute Gasteiger partial charge is 0.375 e. The zero-order chi connectivity index (χ0) is 14.3. The third-order valence-corrected chi connectivity index (χ3v) is 4.49. The summed E-state index contributed by atoms with van der Waals surface area (Å²) < 4.78 is 5.05. The molecule has 2 heterocycles. The minimum Gasteiger partial charge on any atom is -0.375 e. The van der Waals surface area contributed by atoms with Gasteiger partial charge in [0.05, 0.1) is 0 Å². The summed E-state index contributed by atoms with van der Waals surface area (Å²) >= 11 is 0. The Kier molecular flexibility index (Phi) is 3.52. The normalized spacial score (nSPS) is 25.4. The summed E-state index contributed by atoms with van der Waals surface area (Å²) in [5.74, 6) is 0.513. The molecule has 1 aromatic rings. The SMILES string of the molecule is COCC(=O)N1c2ccc(C)cc2[C@@H]2CN(C)CC[C@H]21. The zero-order valence-electron chi connectivity index (χ0n) is 12.4. The summed E-state index contributed by atoms with van der Waals surface area (Å²) in [5.41, 5.74) is 3.67. The van der Waals surface area contributed by atoms with Gasteiger partial charge in [-0.05, 0) is 38.6 Å². The van der Waals surface area contributed by atoms with Gasteiger partial charge >= 0.3 is 0 Å². The van der Waals surface area contributed by atoms with E-state index in [4.69, 9.17) is 4.74 Å². The quantitative estimate of drug-likeness (QED) is 0.824. The standard InChI is InChI=1S/C16H22N2O2/c1-11-4-5-14-12(8-11)13-9-17(2)7-6-15(13)18(14)16(19)10-20-3/h4-5,8,13,15H,6-7,9-10H2,1-3H3/t13-,15+/m0/s1. The molecule has 0 aromatic heterocycles. The summed E-state index contributed by atoms with van der Waals surface area (Å²) in [5, 5.41) is 0. The lowest BCUT2D eigenvalue weighted by atomic mass is 9.89. The van der Waals surface area contributed by atoms with Crippen molar-refractivity contribution in [3.8, 4) is 0 Å². The number of rotatable bonds is 2. The molecule has 0 saturated carbocycles. The number of hydrogen-bond donors (Lipinski definition) is 0. The predicted molar refractivity (Wildman–Crippen MR) is 79.2 cm³/mol. The van der Waals surface area contributed by atoms with E-state index in [1.165, 1.54) is 11.1 Å². The van der Waals surface area contributed by atoms with E-state index in [0.29, 0.717) is 12.0 Å². The lowest BCUT2D eigenvalue weighted by Gasteiger charge is -2.36. The van der Waals surface area contributed by atoms with Gasteiger partial charge < -0.3 is 14.5 Å². The first kappa shape index (κ1) is 13.6. The Morgan fingerprint density at radius 2 is 2.25 bits per heavy atom. The Bertz CT molecular complexity index is 529. The van der Waals surface area contributed by atoms with Crippen LogP contribution < -0.4 is 4.90 Å². The lowest BCUT2D eigenvalue weighted by molar-refractivity contribution is -0.122. The molecule has 0 bridgehead atoms. The number of anilines is 1. The smallest absolute Gasteiger partial charge is 0.253 e. The maximum Gasteiger partial charge on any atom is 0.253 e. The summed E-state index contributed by atoms with van der Waals surface area (Å²) in [7, 11) is 3.74. The predicted octanol–water partition coefficient (Wildman–Crippen LogP) is 1.78. The van der Waals surface area contributed by atoms with Gasteiger partial charge in [-0.25, -0.2) is 0 Å². The van der Waals surface area contributed by atoms with Crippen LogP contribution in [0.3, 0.4) is 0 Å². The van der Waals surface area contributed by atoms with Crippen LogP contribution in [0.1, 0.15) is 23.5 Å². The van der Waals surface area contributed by atoms with Crippen LogP contribution in [0.2, 0.25) is 0 Å². The number of amides is 1. The monoisotopic (exact) mass is 274 g/mol. The molecule has 3 rings (SSSR count). The summed E-state index contributed by atoms with van der Waals surface area (Å²) in [6.07, 6.45) is 1.03. The molecule has 2 aliphatic heterocycles. The molecule has 1 saturated heterocycles. The van der Waals surface area contributed by atoms with Gasteiger partial charge in [0.2, 0.25) is 0 Å². The third-order valence-electron chi connectivity index (χ3n) is 4.49. The van der Waals surface area contributed by atoms with E-state index in [9.17, 15) is 4.79 Å². The molecule has 2 aliphatic rings. The fourth-order valence-electron chi connectivity index (χ4n) is 3.60. The number of likely N-dealkylation sites (N-methyl/N-ethyl adjacent to an activating group) is 1. The van der Waals surface area contributed by atoms with Gasteiger partial charge in [-0.2, -0.15) is 0 Å². The zero-order valence-corrected chi connectivity index (χ0v) is 12.4. The molecule has 0 aliphatic carbocycles. The lowest BCUT2D eigenvalue weighted by Crippen LogP contribution is -2.48. The summed E-state index contributed by atoms with van der Waals surface area (Å²) in [6, 6.07) is 6.72. The van der Waals surface area contributed by atoms with Gasteiger partial charge in [0.15, 0.2) is 0 Å². The van der Waals surface area contributed by atoms with Crippen molar-refractivity contribution < 1.29 is 9.53 Å². The van der Waals surface area contributed by atoms with E-state index < -0.39 is 0 Å². The highest BCUT2D eigenvalue weighted by atomic mass is 16.5. The summed E-state index contributed by atoms with van der Waals surface area (Å²) in [6.45, 7) is 4.34. The molecule has 20 heavy (non-hydrogen) atoms. The van der Waals surface area contributed by atoms with Gasteiger partial charge in [-0.3, -0.25) is 4.79 Å². The Labute approximate surface area is 120 Å². The van der Waals surface area contributed by atoms with Crippen LogP contribution in [0.4, 0.5) is 5.69 Å². The van der Waals surface area contributed by atoms with Crippen molar-refractivity contribution in [3.63, 3.8) is 0 Å². The number of benzene rings is 1. The summed E-state index contributed by atoms with van der Waals surface area (Å²) in [4.78, 5) is 16.8. The Balaban J connectivity index is 2.01. The molecule has 4 nitrogen and oxygen atoms in total. The first-order chi connectivity index (χ1) is 9.61. The van der Waals surface area contributed by atoms with Crippen LogP contribution in [0.15, 0.2) is 18.2 Å². The molecule has 0 radical (unpaired) electrons. The molecule has 1 aromatic carbocycles. The van der Waals surface area contributed by atoms with E-state index in [1.807, 2.05) is 4.90 Å². The topological polar surface area (TPSA) is 32.8 Å². The van der Waals surface area contributed by atoms with Crippen molar-refractivity contribution >= 4 is 11.6 Å². The number of piperidine rings is 1. The molecule has 1 amide bonds. The molecule has 0 N–H and O–H groups in total. The number of carbonyl (C=O) groups excluding carboxylic acids is 1. The maximum atomic E-state index is 12.4. The minimum absolute atomic E-state index is 0.0784. The van der Waals surface area contributed by atoms with E-state index in [-0.39, 0.29) is 12.5 Å². The molecule has 0 unspecified atom stereocenters. The van der Waals surface area contributed by atoms with E-state index in [1.54, 1.807) is 7.11 Å². The average molecular weight is 274 g/mol. The fraction of sp³-hybridized carbons (Fsp3) is 0.562.